The first-order chi connectivity index (χ1) is 11.0. The summed E-state index contributed by atoms with van der Waals surface area (Å²) >= 11 is 0. The van der Waals surface area contributed by atoms with E-state index in [9.17, 15) is 13.2 Å². The molecule has 1 saturated heterocycles. The number of hydrogen-bond acceptors (Lipinski definition) is 4. The van der Waals surface area contributed by atoms with Crippen LogP contribution in [0.2, 0.25) is 0 Å². The molecule has 6 nitrogen and oxygen atoms in total. The number of likely N-dealkylation sites (tertiary alicyclic amines) is 1. The molecule has 0 unspecified atom stereocenters. The van der Waals surface area contributed by atoms with Crippen LogP contribution in [0.1, 0.15) is 42.5 Å². The largest absolute Gasteiger partial charge is 0.339 e. The van der Waals surface area contributed by atoms with Crippen LogP contribution in [0, 0.1) is 11.3 Å². The summed E-state index contributed by atoms with van der Waals surface area (Å²) in [6.45, 7) is 1.59. The summed E-state index contributed by atoms with van der Waals surface area (Å²) in [5.41, 5.74) is 0.503. The van der Waals surface area contributed by atoms with Crippen molar-refractivity contribution in [2.75, 3.05) is 19.6 Å². The van der Waals surface area contributed by atoms with Gasteiger partial charge in [-0.3, -0.25) is 4.79 Å². The van der Waals surface area contributed by atoms with E-state index in [-0.39, 0.29) is 23.8 Å². The molecule has 23 heavy (non-hydrogen) atoms. The van der Waals surface area contributed by atoms with Crippen LogP contribution in [0.3, 0.4) is 0 Å². The Balaban J connectivity index is 2.06. The summed E-state index contributed by atoms with van der Waals surface area (Å²) in [7, 11) is -3.63. The maximum atomic E-state index is 12.4. The van der Waals surface area contributed by atoms with Gasteiger partial charge in [0.1, 0.15) is 0 Å². The SMILES string of the molecule is N#CCCNS(=O)(=O)c1ccc(C(=O)N2CCCCCC2)cc1. The minimum Gasteiger partial charge on any atom is -0.339 e. The fourth-order valence-corrected chi connectivity index (χ4v) is 3.59. The predicted molar refractivity (Wildman–Crippen MR) is 86.2 cm³/mol. The summed E-state index contributed by atoms with van der Waals surface area (Å²) in [5.74, 6) is -0.0479. The van der Waals surface area contributed by atoms with Gasteiger partial charge in [-0.2, -0.15) is 5.26 Å². The van der Waals surface area contributed by atoms with Crippen LogP contribution >= 0.6 is 0 Å². The van der Waals surface area contributed by atoms with Gasteiger partial charge in [0, 0.05) is 31.6 Å². The van der Waals surface area contributed by atoms with E-state index in [1.807, 2.05) is 11.0 Å². The summed E-state index contributed by atoms with van der Waals surface area (Å²) in [6, 6.07) is 7.84. The highest BCUT2D eigenvalue weighted by atomic mass is 32.2. The van der Waals surface area contributed by atoms with Crippen molar-refractivity contribution in [3.63, 3.8) is 0 Å². The predicted octanol–water partition coefficient (Wildman–Crippen LogP) is 1.89. The number of nitrogens with one attached hydrogen (secondary N) is 1. The first-order valence-electron chi connectivity index (χ1n) is 7.80. The topological polar surface area (TPSA) is 90.3 Å². The monoisotopic (exact) mass is 335 g/mol. The molecule has 0 saturated carbocycles. The summed E-state index contributed by atoms with van der Waals surface area (Å²) in [6.07, 6.45) is 4.44. The lowest BCUT2D eigenvalue weighted by Crippen LogP contribution is -2.31. The Hall–Kier alpha value is -1.91. The van der Waals surface area contributed by atoms with Gasteiger partial charge in [0.25, 0.3) is 5.91 Å². The Morgan fingerprint density at radius 3 is 2.30 bits per heavy atom. The lowest BCUT2D eigenvalue weighted by molar-refractivity contribution is 0.0761. The van der Waals surface area contributed by atoms with Crippen LogP contribution in [-0.4, -0.2) is 38.9 Å². The normalized spacial score (nSPS) is 15.7. The standard InChI is InChI=1S/C16H21N3O3S/c17-10-5-11-18-23(21,22)15-8-6-14(7-9-15)16(20)19-12-3-1-2-4-13-19/h6-9,18H,1-5,11-13H2. The number of nitriles is 1. The van der Waals surface area contributed by atoms with Gasteiger partial charge in [-0.05, 0) is 37.1 Å². The Morgan fingerprint density at radius 2 is 1.74 bits per heavy atom. The molecule has 0 bridgehead atoms. The molecule has 0 aliphatic carbocycles. The molecule has 1 aliphatic heterocycles. The molecule has 1 aliphatic rings. The number of sulfonamides is 1. The van der Waals surface area contributed by atoms with Gasteiger partial charge in [-0.15, -0.1) is 0 Å². The summed E-state index contributed by atoms with van der Waals surface area (Å²) in [5, 5.41) is 8.45. The number of nitrogens with zero attached hydrogens (tertiary/aromatic N) is 2. The highest BCUT2D eigenvalue weighted by molar-refractivity contribution is 7.89. The maximum absolute atomic E-state index is 12.4. The zero-order chi connectivity index (χ0) is 16.7. The Morgan fingerprint density at radius 1 is 1.13 bits per heavy atom. The van der Waals surface area contributed by atoms with Crippen molar-refractivity contribution < 1.29 is 13.2 Å². The molecule has 1 aromatic rings. The summed E-state index contributed by atoms with van der Waals surface area (Å²) in [4.78, 5) is 14.4. The van der Waals surface area contributed by atoms with Gasteiger partial charge >= 0.3 is 0 Å². The molecule has 7 heteroatoms. The molecule has 1 fully saturated rings. The van der Waals surface area contributed by atoms with Gasteiger partial charge in [-0.25, -0.2) is 13.1 Å². The molecule has 124 valence electrons. The number of carbonyl (C=O) groups excluding carboxylic acids is 1. The minimum absolute atomic E-state index is 0.0479. The molecule has 1 aromatic carbocycles. The van der Waals surface area contributed by atoms with Gasteiger partial charge in [0.15, 0.2) is 0 Å². The zero-order valence-electron chi connectivity index (χ0n) is 13.0. The minimum atomic E-state index is -3.63. The average Bonchev–Trinajstić information content (AvgIpc) is 2.84. The molecule has 0 aromatic heterocycles. The summed E-state index contributed by atoms with van der Waals surface area (Å²) < 4.78 is 26.4. The Bertz CT molecular complexity index is 670. The number of rotatable bonds is 5. The lowest BCUT2D eigenvalue weighted by Gasteiger charge is -2.20. The Kier molecular flexibility index (Phi) is 6.13. The molecule has 0 spiro atoms. The van der Waals surface area contributed by atoms with Gasteiger partial charge in [-0.1, -0.05) is 12.8 Å². The smallest absolute Gasteiger partial charge is 0.253 e. The van der Waals surface area contributed by atoms with Crippen molar-refractivity contribution in [1.82, 2.24) is 9.62 Å². The maximum Gasteiger partial charge on any atom is 0.253 e. The second-order valence-electron chi connectivity index (χ2n) is 5.54. The average molecular weight is 335 g/mol. The molecule has 2 rings (SSSR count). The second-order valence-corrected chi connectivity index (χ2v) is 7.30. The molecule has 0 atom stereocenters. The van der Waals surface area contributed by atoms with Crippen LogP contribution < -0.4 is 4.72 Å². The fourth-order valence-electron chi connectivity index (χ4n) is 2.56. The van der Waals surface area contributed by atoms with E-state index < -0.39 is 10.0 Å². The molecular formula is C16H21N3O3S. The molecule has 1 N–H and O–H groups in total. The van der Waals surface area contributed by atoms with E-state index in [2.05, 4.69) is 4.72 Å². The van der Waals surface area contributed by atoms with E-state index in [1.165, 1.54) is 12.1 Å². The number of benzene rings is 1. The van der Waals surface area contributed by atoms with Crippen LogP contribution in [-0.2, 0) is 10.0 Å². The zero-order valence-corrected chi connectivity index (χ0v) is 13.8. The molecule has 0 radical (unpaired) electrons. The second kappa shape index (κ2) is 8.09. The highest BCUT2D eigenvalue weighted by Gasteiger charge is 2.19. The quantitative estimate of drug-likeness (QED) is 0.832. The van der Waals surface area contributed by atoms with E-state index in [0.717, 1.165) is 38.8 Å². The first-order valence-corrected chi connectivity index (χ1v) is 9.29. The number of hydrogen-bond donors (Lipinski definition) is 1. The third-order valence-corrected chi connectivity index (χ3v) is 5.31. The van der Waals surface area contributed by atoms with Crippen molar-refractivity contribution in [3.8, 4) is 6.07 Å². The fraction of sp³-hybridized carbons (Fsp3) is 0.500. The van der Waals surface area contributed by atoms with Crippen LogP contribution in [0.15, 0.2) is 29.2 Å². The van der Waals surface area contributed by atoms with E-state index in [4.69, 9.17) is 5.26 Å². The van der Waals surface area contributed by atoms with E-state index in [1.54, 1.807) is 12.1 Å². The van der Waals surface area contributed by atoms with Gasteiger partial charge < -0.3 is 4.90 Å². The van der Waals surface area contributed by atoms with E-state index in [0.29, 0.717) is 5.56 Å². The van der Waals surface area contributed by atoms with E-state index >= 15 is 0 Å². The molecule has 1 amide bonds. The van der Waals surface area contributed by atoms with Crippen molar-refractivity contribution in [3.05, 3.63) is 29.8 Å². The number of amides is 1. The van der Waals surface area contributed by atoms with Crippen molar-refractivity contribution in [1.29, 1.82) is 5.26 Å². The molecule has 1 heterocycles. The third-order valence-electron chi connectivity index (χ3n) is 3.83. The third kappa shape index (κ3) is 4.78. The first kappa shape index (κ1) is 17.4. The van der Waals surface area contributed by atoms with Crippen molar-refractivity contribution in [2.24, 2.45) is 0 Å². The Labute approximate surface area is 137 Å². The van der Waals surface area contributed by atoms with Crippen LogP contribution in [0.25, 0.3) is 0 Å². The van der Waals surface area contributed by atoms with Crippen molar-refractivity contribution >= 4 is 15.9 Å². The van der Waals surface area contributed by atoms with Gasteiger partial charge in [0.05, 0.1) is 11.0 Å². The van der Waals surface area contributed by atoms with Crippen LogP contribution in [0.5, 0.6) is 0 Å². The lowest BCUT2D eigenvalue weighted by atomic mass is 10.2. The van der Waals surface area contributed by atoms with Crippen molar-refractivity contribution in [2.45, 2.75) is 37.0 Å². The van der Waals surface area contributed by atoms with Gasteiger partial charge in [0.2, 0.25) is 10.0 Å². The molecular weight excluding hydrogens is 314 g/mol. The number of carbonyl (C=O) groups is 1. The highest BCUT2D eigenvalue weighted by Crippen LogP contribution is 2.15. The van der Waals surface area contributed by atoms with Crippen LogP contribution in [0.4, 0.5) is 0 Å².